The number of nitrogens with one attached hydrogen (secondary N) is 2. The Morgan fingerprint density at radius 1 is 0.900 bits per heavy atom. The van der Waals surface area contributed by atoms with Crippen molar-refractivity contribution in [3.63, 3.8) is 0 Å². The summed E-state index contributed by atoms with van der Waals surface area (Å²) >= 11 is 0. The second-order valence-electron chi connectivity index (χ2n) is 4.21. The molecule has 5 nitrogen and oxygen atoms in total. The number of hydrogen-bond acceptors (Lipinski definition) is 3. The molecule has 0 spiro atoms. The highest BCUT2D eigenvalue weighted by Crippen LogP contribution is 1.99. The first-order chi connectivity index (χ1) is 9.77. The molecule has 20 heavy (non-hydrogen) atoms. The van der Waals surface area contributed by atoms with Crippen molar-refractivity contribution < 1.29 is 14.0 Å². The number of carbonyl (C=O) groups is 2. The molecule has 2 rings (SSSR count). The van der Waals surface area contributed by atoms with Crippen molar-refractivity contribution in [2.24, 2.45) is 0 Å². The first kappa shape index (κ1) is 13.9. The topological polar surface area (TPSA) is 71.3 Å². The van der Waals surface area contributed by atoms with Crippen molar-refractivity contribution in [2.75, 3.05) is 13.1 Å². The molecule has 0 atom stereocenters. The van der Waals surface area contributed by atoms with Gasteiger partial charge >= 0.3 is 0 Å². The molecule has 0 unspecified atom stereocenters. The van der Waals surface area contributed by atoms with Gasteiger partial charge < -0.3 is 15.1 Å². The van der Waals surface area contributed by atoms with Gasteiger partial charge in [0.05, 0.1) is 6.26 Å². The van der Waals surface area contributed by atoms with Gasteiger partial charge in [0.1, 0.15) is 0 Å². The van der Waals surface area contributed by atoms with E-state index in [2.05, 4.69) is 10.6 Å². The van der Waals surface area contributed by atoms with E-state index in [-0.39, 0.29) is 11.8 Å². The van der Waals surface area contributed by atoms with E-state index in [0.717, 1.165) is 0 Å². The molecular formula is C15H16N2O3. The molecule has 2 amide bonds. The van der Waals surface area contributed by atoms with E-state index in [9.17, 15) is 9.59 Å². The Bertz CT molecular complexity index is 550. The maximum Gasteiger partial charge on any atom is 0.286 e. The molecule has 1 heterocycles. The minimum Gasteiger partial charge on any atom is -0.459 e. The van der Waals surface area contributed by atoms with E-state index < -0.39 is 0 Å². The summed E-state index contributed by atoms with van der Waals surface area (Å²) in [6, 6.07) is 12.3. The number of rotatable bonds is 6. The molecule has 0 saturated carbocycles. The monoisotopic (exact) mass is 272 g/mol. The van der Waals surface area contributed by atoms with Gasteiger partial charge in [0.15, 0.2) is 5.76 Å². The minimum atomic E-state index is -0.246. The first-order valence-electron chi connectivity index (χ1n) is 6.42. The highest BCUT2D eigenvalue weighted by molar-refractivity contribution is 5.94. The van der Waals surface area contributed by atoms with Crippen molar-refractivity contribution in [1.29, 1.82) is 0 Å². The standard InChI is InChI=1S/C15H16N2O3/c18-14(12-6-2-1-3-7-12)16-9-5-10-17-15(19)13-8-4-11-20-13/h1-4,6-8,11H,5,9-10H2,(H,16,18)(H,17,19). The van der Waals surface area contributed by atoms with Gasteiger partial charge in [-0.1, -0.05) is 18.2 Å². The number of carbonyl (C=O) groups excluding carboxylic acids is 2. The smallest absolute Gasteiger partial charge is 0.286 e. The molecule has 0 aliphatic carbocycles. The molecule has 0 bridgehead atoms. The molecule has 2 N–H and O–H groups in total. The van der Waals surface area contributed by atoms with Gasteiger partial charge in [0.2, 0.25) is 0 Å². The van der Waals surface area contributed by atoms with Crippen molar-refractivity contribution in [3.05, 3.63) is 60.1 Å². The minimum absolute atomic E-state index is 0.108. The molecule has 0 saturated heterocycles. The summed E-state index contributed by atoms with van der Waals surface area (Å²) in [5.41, 5.74) is 0.632. The summed E-state index contributed by atoms with van der Waals surface area (Å²) in [6.07, 6.45) is 2.11. The van der Waals surface area contributed by atoms with Crippen molar-refractivity contribution >= 4 is 11.8 Å². The van der Waals surface area contributed by atoms with Gasteiger partial charge in [-0.25, -0.2) is 0 Å². The van der Waals surface area contributed by atoms with Crippen molar-refractivity contribution in [1.82, 2.24) is 10.6 Å². The molecule has 0 radical (unpaired) electrons. The van der Waals surface area contributed by atoms with E-state index in [1.54, 1.807) is 24.3 Å². The van der Waals surface area contributed by atoms with Gasteiger partial charge in [0, 0.05) is 18.7 Å². The fraction of sp³-hybridized carbons (Fsp3) is 0.200. The second kappa shape index (κ2) is 7.13. The molecule has 104 valence electrons. The average molecular weight is 272 g/mol. The van der Waals surface area contributed by atoms with Crippen molar-refractivity contribution in [2.45, 2.75) is 6.42 Å². The number of amides is 2. The summed E-state index contributed by atoms with van der Waals surface area (Å²) in [7, 11) is 0. The lowest BCUT2D eigenvalue weighted by Crippen LogP contribution is -2.29. The lowest BCUT2D eigenvalue weighted by atomic mass is 10.2. The molecule has 5 heteroatoms. The third-order valence-electron chi connectivity index (χ3n) is 2.71. The van der Waals surface area contributed by atoms with Crippen LogP contribution in [-0.2, 0) is 0 Å². The van der Waals surface area contributed by atoms with Crippen LogP contribution in [0.4, 0.5) is 0 Å². The van der Waals surface area contributed by atoms with Crippen LogP contribution in [0.1, 0.15) is 27.3 Å². The van der Waals surface area contributed by atoms with Crippen LogP contribution in [0.3, 0.4) is 0 Å². The lowest BCUT2D eigenvalue weighted by molar-refractivity contribution is 0.0925. The van der Waals surface area contributed by atoms with E-state index in [0.29, 0.717) is 30.8 Å². The Kier molecular flexibility index (Phi) is 4.94. The predicted molar refractivity (Wildman–Crippen MR) is 74.4 cm³/mol. The van der Waals surface area contributed by atoms with Gasteiger partial charge in [-0.2, -0.15) is 0 Å². The maximum atomic E-state index is 11.7. The number of benzene rings is 1. The largest absolute Gasteiger partial charge is 0.459 e. The van der Waals surface area contributed by atoms with Gasteiger partial charge in [0.25, 0.3) is 11.8 Å². The van der Waals surface area contributed by atoms with Crippen LogP contribution in [0.2, 0.25) is 0 Å². The van der Waals surface area contributed by atoms with Crippen LogP contribution in [-0.4, -0.2) is 24.9 Å². The van der Waals surface area contributed by atoms with Crippen molar-refractivity contribution in [3.8, 4) is 0 Å². The fourth-order valence-electron chi connectivity index (χ4n) is 1.68. The molecule has 0 aliphatic rings. The van der Waals surface area contributed by atoms with Crippen LogP contribution >= 0.6 is 0 Å². The van der Waals surface area contributed by atoms with E-state index in [1.807, 2.05) is 18.2 Å². The third kappa shape index (κ3) is 3.98. The van der Waals surface area contributed by atoms with Gasteiger partial charge in [-0.3, -0.25) is 9.59 Å². The second-order valence-corrected chi connectivity index (χ2v) is 4.21. The SMILES string of the molecule is O=C(NCCCNC(=O)c1ccco1)c1ccccc1. The van der Waals surface area contributed by atoms with Crippen LogP contribution in [0.5, 0.6) is 0 Å². The molecule has 2 aromatic rings. The third-order valence-corrected chi connectivity index (χ3v) is 2.71. The Labute approximate surface area is 117 Å². The lowest BCUT2D eigenvalue weighted by Gasteiger charge is -2.06. The summed E-state index contributed by atoms with van der Waals surface area (Å²) in [6.45, 7) is 0.987. The van der Waals surface area contributed by atoms with E-state index >= 15 is 0 Å². The zero-order valence-corrected chi connectivity index (χ0v) is 11.0. The van der Waals surface area contributed by atoms with Crippen LogP contribution in [0, 0.1) is 0 Å². The molecule has 0 fully saturated rings. The summed E-state index contributed by atoms with van der Waals surface area (Å²) < 4.78 is 4.97. The quantitative estimate of drug-likeness (QED) is 0.788. The maximum absolute atomic E-state index is 11.7. The van der Waals surface area contributed by atoms with Crippen LogP contribution in [0.15, 0.2) is 53.1 Å². The Morgan fingerprint density at radius 2 is 1.60 bits per heavy atom. The predicted octanol–water partition coefficient (Wildman–Crippen LogP) is 1.83. The zero-order valence-electron chi connectivity index (χ0n) is 11.0. The van der Waals surface area contributed by atoms with Gasteiger partial charge in [-0.05, 0) is 30.7 Å². The molecular weight excluding hydrogens is 256 g/mol. The summed E-state index contributed by atoms with van der Waals surface area (Å²) in [4.78, 5) is 23.2. The Hall–Kier alpha value is -2.56. The molecule has 1 aromatic carbocycles. The summed E-state index contributed by atoms with van der Waals surface area (Å²) in [5.74, 6) is -0.0642. The zero-order chi connectivity index (χ0) is 14.2. The highest BCUT2D eigenvalue weighted by atomic mass is 16.3. The number of furan rings is 1. The Morgan fingerprint density at radius 3 is 2.25 bits per heavy atom. The molecule has 0 aliphatic heterocycles. The fourth-order valence-corrected chi connectivity index (χ4v) is 1.68. The first-order valence-corrected chi connectivity index (χ1v) is 6.42. The number of hydrogen-bond donors (Lipinski definition) is 2. The Balaban J connectivity index is 1.62. The normalized spacial score (nSPS) is 10.0. The highest BCUT2D eigenvalue weighted by Gasteiger charge is 2.07. The van der Waals surface area contributed by atoms with E-state index in [1.165, 1.54) is 6.26 Å². The summed E-state index contributed by atoms with van der Waals surface area (Å²) in [5, 5.41) is 5.51. The molecule has 1 aromatic heterocycles. The van der Waals surface area contributed by atoms with Gasteiger partial charge in [-0.15, -0.1) is 0 Å². The van der Waals surface area contributed by atoms with Crippen LogP contribution < -0.4 is 10.6 Å². The van der Waals surface area contributed by atoms with Crippen LogP contribution in [0.25, 0.3) is 0 Å². The average Bonchev–Trinajstić information content (AvgIpc) is 3.01. The van der Waals surface area contributed by atoms with E-state index in [4.69, 9.17) is 4.42 Å².